The van der Waals surface area contributed by atoms with Gasteiger partial charge >= 0.3 is 12.3 Å². The molecule has 0 bridgehead atoms. The fraction of sp³-hybridized carbons (Fsp3) is 0.367. The fourth-order valence-corrected chi connectivity index (χ4v) is 6.76. The van der Waals surface area contributed by atoms with E-state index in [2.05, 4.69) is 0 Å². The zero-order valence-electron chi connectivity index (χ0n) is 22.8. The number of likely N-dealkylation sites (tertiary alicyclic amines) is 1. The first-order valence-electron chi connectivity index (χ1n) is 13.4. The summed E-state index contributed by atoms with van der Waals surface area (Å²) >= 11 is 0. The number of ether oxygens (including phenoxy) is 1. The summed E-state index contributed by atoms with van der Waals surface area (Å²) < 4.78 is 72.7. The van der Waals surface area contributed by atoms with Gasteiger partial charge in [0.15, 0.2) is 0 Å². The molecule has 3 aromatic carbocycles. The van der Waals surface area contributed by atoms with Crippen molar-refractivity contribution in [2.75, 3.05) is 26.2 Å². The number of rotatable bonds is 8. The van der Waals surface area contributed by atoms with E-state index in [0.29, 0.717) is 31.5 Å². The minimum Gasteiger partial charge on any atom is -0.410 e. The molecule has 0 radical (unpaired) electrons. The average molecular weight is 591 g/mol. The molecule has 0 saturated carbocycles. The van der Waals surface area contributed by atoms with E-state index in [9.17, 15) is 31.5 Å². The number of aliphatic hydroxyl groups is 1. The monoisotopic (exact) mass is 590 g/mol. The highest BCUT2D eigenvalue weighted by Gasteiger charge is 2.43. The highest BCUT2D eigenvalue weighted by Crippen LogP contribution is 2.43. The molecule has 7 nitrogen and oxygen atoms in total. The maximum atomic E-state index is 13.5. The van der Waals surface area contributed by atoms with E-state index in [1.165, 1.54) is 45.6 Å². The lowest BCUT2D eigenvalue weighted by molar-refractivity contribution is -0.137. The molecular formula is C30H33F3N2O5S. The van der Waals surface area contributed by atoms with Gasteiger partial charge in [0, 0.05) is 26.2 Å². The number of sulfonamides is 1. The van der Waals surface area contributed by atoms with Crippen LogP contribution in [-0.4, -0.2) is 55.0 Å². The van der Waals surface area contributed by atoms with E-state index < -0.39 is 39.4 Å². The molecule has 1 saturated heterocycles. The van der Waals surface area contributed by atoms with Crippen molar-refractivity contribution in [1.29, 1.82) is 0 Å². The largest absolute Gasteiger partial charge is 0.416 e. The molecule has 41 heavy (non-hydrogen) atoms. The maximum Gasteiger partial charge on any atom is 0.416 e. The van der Waals surface area contributed by atoms with Gasteiger partial charge in [-0.2, -0.15) is 17.5 Å². The van der Waals surface area contributed by atoms with E-state index in [1.807, 2.05) is 0 Å². The van der Waals surface area contributed by atoms with Crippen molar-refractivity contribution in [3.05, 3.63) is 95.6 Å². The molecule has 1 heterocycles. The normalized spacial score (nSPS) is 16.4. The standard InChI is InChI=1S/C30H33F3N2O5S/c1-3-35(4-2)41(38,39)27-15-13-26(14-16-27)40-28(36)34-19-17-23(18-20-34)29(37,22-9-6-5-7-10-22)24-11-8-12-25(21-24)30(31,32)33/h5-16,21,23,37H,3-4,17-20H2,1-2H3. The Labute approximate surface area is 238 Å². The molecular weight excluding hydrogens is 557 g/mol. The van der Waals surface area contributed by atoms with Crippen LogP contribution in [0, 0.1) is 5.92 Å². The van der Waals surface area contributed by atoms with Crippen LogP contribution in [0.1, 0.15) is 43.4 Å². The fourth-order valence-electron chi connectivity index (χ4n) is 5.30. The summed E-state index contributed by atoms with van der Waals surface area (Å²) in [4.78, 5) is 14.5. The van der Waals surface area contributed by atoms with Crippen molar-refractivity contribution in [2.24, 2.45) is 5.92 Å². The van der Waals surface area contributed by atoms with Crippen LogP contribution in [0.5, 0.6) is 5.75 Å². The Morgan fingerprint density at radius 1 is 0.902 bits per heavy atom. The van der Waals surface area contributed by atoms with Gasteiger partial charge < -0.3 is 14.7 Å². The summed E-state index contributed by atoms with van der Waals surface area (Å²) in [6.45, 7) is 4.59. The van der Waals surface area contributed by atoms with E-state index in [4.69, 9.17) is 4.74 Å². The molecule has 1 unspecified atom stereocenters. The zero-order valence-corrected chi connectivity index (χ0v) is 23.7. The van der Waals surface area contributed by atoms with Gasteiger partial charge in [-0.15, -0.1) is 0 Å². The van der Waals surface area contributed by atoms with Gasteiger partial charge in [0.05, 0.1) is 10.5 Å². The van der Waals surface area contributed by atoms with E-state index in [-0.39, 0.29) is 29.3 Å². The zero-order chi connectivity index (χ0) is 29.8. The second-order valence-corrected chi connectivity index (χ2v) is 11.8. The van der Waals surface area contributed by atoms with Gasteiger partial charge in [-0.05, 0) is 66.3 Å². The van der Waals surface area contributed by atoms with Crippen LogP contribution in [0.15, 0.2) is 83.8 Å². The SMILES string of the molecule is CCN(CC)S(=O)(=O)c1ccc(OC(=O)N2CCC(C(O)(c3ccccc3)c3cccc(C(F)(F)F)c3)CC2)cc1. The quantitative estimate of drug-likeness (QED) is 0.354. The van der Waals surface area contributed by atoms with Crippen LogP contribution in [0.3, 0.4) is 0 Å². The van der Waals surface area contributed by atoms with Crippen molar-refractivity contribution in [3.8, 4) is 5.75 Å². The van der Waals surface area contributed by atoms with Crippen LogP contribution in [0.2, 0.25) is 0 Å². The number of carbonyl (C=O) groups is 1. The topological polar surface area (TPSA) is 87.2 Å². The predicted molar refractivity (Wildman–Crippen MR) is 148 cm³/mol. The molecule has 1 fully saturated rings. The molecule has 220 valence electrons. The first-order valence-corrected chi connectivity index (χ1v) is 14.9. The summed E-state index contributed by atoms with van der Waals surface area (Å²) in [5.41, 5.74) is -1.94. The van der Waals surface area contributed by atoms with Crippen molar-refractivity contribution < 1.29 is 36.2 Å². The van der Waals surface area contributed by atoms with E-state index >= 15 is 0 Å². The van der Waals surface area contributed by atoms with Gasteiger partial charge in [0.1, 0.15) is 11.4 Å². The van der Waals surface area contributed by atoms with Crippen LogP contribution in [0.25, 0.3) is 0 Å². The number of hydrogen-bond donors (Lipinski definition) is 1. The van der Waals surface area contributed by atoms with Crippen molar-refractivity contribution in [2.45, 2.75) is 43.4 Å². The Balaban J connectivity index is 1.48. The van der Waals surface area contributed by atoms with Gasteiger partial charge in [0.25, 0.3) is 0 Å². The van der Waals surface area contributed by atoms with Crippen molar-refractivity contribution >= 4 is 16.1 Å². The molecule has 0 aromatic heterocycles. The lowest BCUT2D eigenvalue weighted by Gasteiger charge is -2.42. The molecule has 4 rings (SSSR count). The average Bonchev–Trinajstić information content (AvgIpc) is 2.97. The summed E-state index contributed by atoms with van der Waals surface area (Å²) in [5.74, 6) is -0.289. The van der Waals surface area contributed by atoms with Crippen LogP contribution in [0.4, 0.5) is 18.0 Å². The lowest BCUT2D eigenvalue weighted by Crippen LogP contribution is -2.46. The first-order chi connectivity index (χ1) is 19.4. The number of carbonyl (C=O) groups excluding carboxylic acids is 1. The Kier molecular flexibility index (Phi) is 9.10. The molecule has 0 spiro atoms. The van der Waals surface area contributed by atoms with Gasteiger partial charge in [-0.3, -0.25) is 0 Å². The van der Waals surface area contributed by atoms with E-state index in [0.717, 1.165) is 12.1 Å². The maximum absolute atomic E-state index is 13.5. The Bertz CT molecular complexity index is 1440. The number of amides is 1. The molecule has 1 amide bonds. The smallest absolute Gasteiger partial charge is 0.410 e. The summed E-state index contributed by atoms with van der Waals surface area (Å²) in [7, 11) is -3.65. The highest BCUT2D eigenvalue weighted by atomic mass is 32.2. The van der Waals surface area contributed by atoms with Crippen LogP contribution in [-0.2, 0) is 21.8 Å². The number of hydrogen-bond acceptors (Lipinski definition) is 5. The minimum absolute atomic E-state index is 0.0941. The van der Waals surface area contributed by atoms with Gasteiger partial charge in [0.2, 0.25) is 10.0 Å². The summed E-state index contributed by atoms with van der Waals surface area (Å²) in [5, 5.41) is 12.0. The third-order valence-electron chi connectivity index (χ3n) is 7.56. The van der Waals surface area contributed by atoms with Crippen LogP contribution < -0.4 is 4.74 Å². The highest BCUT2D eigenvalue weighted by molar-refractivity contribution is 7.89. The summed E-state index contributed by atoms with van der Waals surface area (Å²) in [6.07, 6.45) is -4.56. The van der Waals surface area contributed by atoms with Crippen molar-refractivity contribution in [3.63, 3.8) is 0 Å². The van der Waals surface area contributed by atoms with Crippen LogP contribution >= 0.6 is 0 Å². The molecule has 0 aliphatic carbocycles. The second-order valence-electron chi connectivity index (χ2n) is 9.90. The molecule has 1 N–H and O–H groups in total. The van der Waals surface area contributed by atoms with Gasteiger partial charge in [-0.25, -0.2) is 13.2 Å². The van der Waals surface area contributed by atoms with Gasteiger partial charge in [-0.1, -0.05) is 56.3 Å². The molecule has 11 heteroatoms. The molecule has 1 aliphatic heterocycles. The summed E-state index contributed by atoms with van der Waals surface area (Å²) in [6, 6.07) is 18.9. The Morgan fingerprint density at radius 3 is 2.02 bits per heavy atom. The third-order valence-corrected chi connectivity index (χ3v) is 9.62. The lowest BCUT2D eigenvalue weighted by atomic mass is 9.72. The van der Waals surface area contributed by atoms with E-state index in [1.54, 1.807) is 44.2 Å². The molecule has 1 atom stereocenters. The molecule has 1 aliphatic rings. The van der Waals surface area contributed by atoms with Crippen molar-refractivity contribution in [1.82, 2.24) is 9.21 Å². The Hall–Kier alpha value is -3.41. The predicted octanol–water partition coefficient (Wildman–Crippen LogP) is 5.88. The number of nitrogens with zero attached hydrogens (tertiary/aromatic N) is 2. The number of halogens is 3. The number of benzene rings is 3. The number of alkyl halides is 3. The Morgan fingerprint density at radius 2 is 1.46 bits per heavy atom. The number of piperidine rings is 1. The minimum atomic E-state index is -4.56. The molecule has 3 aromatic rings. The second kappa shape index (κ2) is 12.2. The first kappa shape index (κ1) is 30.5. The third kappa shape index (κ3) is 6.42.